The van der Waals surface area contributed by atoms with Gasteiger partial charge in [0.05, 0.1) is 0 Å². The van der Waals surface area contributed by atoms with Crippen molar-refractivity contribution in [3.63, 3.8) is 0 Å². The van der Waals surface area contributed by atoms with Crippen LogP contribution in [0, 0.1) is 0 Å². The van der Waals surface area contributed by atoms with Crippen LogP contribution < -0.4 is 10.6 Å². The molecule has 0 atom stereocenters. The maximum atomic E-state index is 5.80. The van der Waals surface area contributed by atoms with Crippen molar-refractivity contribution in [2.75, 3.05) is 49.1 Å². The van der Waals surface area contributed by atoms with Crippen LogP contribution in [0.5, 0.6) is 0 Å². The summed E-state index contributed by atoms with van der Waals surface area (Å²) in [6, 6.07) is 0. The molecule has 2 N–H and O–H groups in total. The van der Waals surface area contributed by atoms with Gasteiger partial charge in [-0.05, 0) is 25.9 Å². The lowest BCUT2D eigenvalue weighted by Gasteiger charge is -2.18. The molecule has 0 radical (unpaired) electrons. The van der Waals surface area contributed by atoms with E-state index in [9.17, 15) is 0 Å². The Bertz CT molecular complexity index is 417. The minimum Gasteiger partial charge on any atom is -0.368 e. The average molecular weight is 296 g/mol. The molecule has 1 saturated heterocycles. The number of thioether (sulfide) groups is 1. The van der Waals surface area contributed by atoms with Crippen LogP contribution in [-0.2, 0) is 0 Å². The Morgan fingerprint density at radius 1 is 1.15 bits per heavy atom. The van der Waals surface area contributed by atoms with Gasteiger partial charge in [-0.25, -0.2) is 0 Å². The van der Waals surface area contributed by atoms with Crippen LogP contribution >= 0.6 is 11.8 Å². The maximum absolute atomic E-state index is 5.80. The highest BCUT2D eigenvalue weighted by atomic mass is 32.2. The fourth-order valence-electron chi connectivity index (χ4n) is 2.29. The van der Waals surface area contributed by atoms with Gasteiger partial charge < -0.3 is 15.5 Å². The maximum Gasteiger partial charge on any atom is 0.231 e. The lowest BCUT2D eigenvalue weighted by atomic mass is 10.4. The van der Waals surface area contributed by atoms with Crippen molar-refractivity contribution in [1.82, 2.24) is 19.9 Å². The Balaban J connectivity index is 1.93. The first kappa shape index (κ1) is 15.3. The van der Waals surface area contributed by atoms with Crippen LogP contribution in [0.4, 0.5) is 11.9 Å². The Kier molecular flexibility index (Phi) is 5.85. The summed E-state index contributed by atoms with van der Waals surface area (Å²) in [5.74, 6) is 2.04. The van der Waals surface area contributed by atoms with E-state index < -0.39 is 0 Å². The molecule has 0 aromatic carbocycles. The minimum atomic E-state index is 0.326. The highest BCUT2D eigenvalue weighted by Crippen LogP contribution is 2.20. The number of nitrogens with zero attached hydrogens (tertiary/aromatic N) is 5. The molecule has 0 unspecified atom stereocenters. The van der Waals surface area contributed by atoms with Crippen LogP contribution in [0.15, 0.2) is 5.16 Å². The molecule has 0 spiro atoms. The molecule has 0 bridgehead atoms. The largest absolute Gasteiger partial charge is 0.368 e. The number of rotatable bonds is 7. The topological polar surface area (TPSA) is 71.2 Å². The molecule has 0 aliphatic carbocycles. The molecule has 2 rings (SSSR count). The predicted molar refractivity (Wildman–Crippen MR) is 84.2 cm³/mol. The van der Waals surface area contributed by atoms with Crippen molar-refractivity contribution in [3.8, 4) is 0 Å². The molecule has 1 fully saturated rings. The summed E-state index contributed by atoms with van der Waals surface area (Å²) < 4.78 is 0. The van der Waals surface area contributed by atoms with Gasteiger partial charge in [0.15, 0.2) is 5.16 Å². The van der Waals surface area contributed by atoms with Gasteiger partial charge in [0.25, 0.3) is 0 Å². The van der Waals surface area contributed by atoms with Gasteiger partial charge in [-0.1, -0.05) is 25.6 Å². The zero-order chi connectivity index (χ0) is 14.4. The van der Waals surface area contributed by atoms with Crippen molar-refractivity contribution < 1.29 is 0 Å². The van der Waals surface area contributed by atoms with Gasteiger partial charge >= 0.3 is 0 Å². The van der Waals surface area contributed by atoms with E-state index in [4.69, 9.17) is 5.73 Å². The van der Waals surface area contributed by atoms with E-state index in [1.54, 1.807) is 11.8 Å². The zero-order valence-electron chi connectivity index (χ0n) is 12.4. The molecule has 6 nitrogen and oxygen atoms in total. The van der Waals surface area contributed by atoms with Gasteiger partial charge in [-0.3, -0.25) is 0 Å². The third kappa shape index (κ3) is 4.21. The molecular formula is C13H24N6S. The van der Waals surface area contributed by atoms with Crippen molar-refractivity contribution in [3.05, 3.63) is 0 Å². The number of anilines is 2. The quantitative estimate of drug-likeness (QED) is 0.764. The van der Waals surface area contributed by atoms with Gasteiger partial charge in [-0.15, -0.1) is 0 Å². The Labute approximate surface area is 125 Å². The highest BCUT2D eigenvalue weighted by molar-refractivity contribution is 7.99. The third-order valence-corrected chi connectivity index (χ3v) is 4.37. The molecular weight excluding hydrogens is 272 g/mol. The summed E-state index contributed by atoms with van der Waals surface area (Å²) in [5, 5.41) is 0.742. The molecule has 1 aromatic rings. The summed E-state index contributed by atoms with van der Waals surface area (Å²) in [5.41, 5.74) is 5.80. The van der Waals surface area contributed by atoms with E-state index in [2.05, 4.69) is 38.6 Å². The first-order valence-corrected chi connectivity index (χ1v) is 8.33. The summed E-state index contributed by atoms with van der Waals surface area (Å²) in [6.07, 6.45) is 2.41. The lowest BCUT2D eigenvalue weighted by molar-refractivity contribution is 0.324. The highest BCUT2D eigenvalue weighted by Gasteiger charge is 2.16. The molecule has 20 heavy (non-hydrogen) atoms. The second-order valence-electron chi connectivity index (χ2n) is 4.85. The monoisotopic (exact) mass is 296 g/mol. The summed E-state index contributed by atoms with van der Waals surface area (Å²) in [6.45, 7) is 9.61. The predicted octanol–water partition coefficient (Wildman–Crippen LogP) is 1.49. The third-order valence-electron chi connectivity index (χ3n) is 3.54. The average Bonchev–Trinajstić information content (AvgIpc) is 2.97. The summed E-state index contributed by atoms with van der Waals surface area (Å²) in [7, 11) is 0. The van der Waals surface area contributed by atoms with Gasteiger partial charge in [0.1, 0.15) is 0 Å². The summed E-state index contributed by atoms with van der Waals surface area (Å²) in [4.78, 5) is 17.6. The Morgan fingerprint density at radius 3 is 2.50 bits per heavy atom. The molecule has 1 aliphatic rings. The van der Waals surface area contributed by atoms with Crippen molar-refractivity contribution in [1.29, 1.82) is 0 Å². The van der Waals surface area contributed by atoms with E-state index in [1.165, 1.54) is 12.8 Å². The lowest BCUT2D eigenvalue weighted by Crippen LogP contribution is -2.25. The van der Waals surface area contributed by atoms with Crippen LogP contribution in [0.3, 0.4) is 0 Å². The fourth-order valence-corrected chi connectivity index (χ4v) is 3.13. The molecule has 112 valence electrons. The first-order valence-electron chi connectivity index (χ1n) is 7.34. The fraction of sp³-hybridized carbons (Fsp3) is 0.769. The normalized spacial score (nSPS) is 15.2. The molecule has 0 amide bonds. The second kappa shape index (κ2) is 7.64. The molecule has 0 saturated carbocycles. The van der Waals surface area contributed by atoms with Crippen LogP contribution in [-0.4, -0.2) is 58.3 Å². The van der Waals surface area contributed by atoms with Crippen LogP contribution in [0.25, 0.3) is 0 Å². The second-order valence-corrected chi connectivity index (χ2v) is 5.91. The standard InChI is InChI=1S/C13H24N6S/c1-3-18(4-2)9-10-20-13-16-11(14)15-12(17-13)19-7-5-6-8-19/h3-10H2,1-2H3,(H2,14,15,16,17). The first-order chi connectivity index (χ1) is 9.72. The number of hydrogen-bond acceptors (Lipinski definition) is 7. The van der Waals surface area contributed by atoms with Crippen LogP contribution in [0.2, 0.25) is 0 Å². The van der Waals surface area contributed by atoms with E-state index in [-0.39, 0.29) is 0 Å². The van der Waals surface area contributed by atoms with E-state index in [0.29, 0.717) is 5.95 Å². The summed E-state index contributed by atoms with van der Waals surface area (Å²) >= 11 is 1.66. The molecule has 2 heterocycles. The number of nitrogen functional groups attached to an aromatic ring is 1. The SMILES string of the molecule is CCN(CC)CCSc1nc(N)nc(N2CCCC2)n1. The Morgan fingerprint density at radius 2 is 1.85 bits per heavy atom. The Hall–Kier alpha value is -1.08. The zero-order valence-corrected chi connectivity index (χ0v) is 13.2. The van der Waals surface area contributed by atoms with Crippen molar-refractivity contribution in [2.45, 2.75) is 31.8 Å². The number of nitrogens with two attached hydrogens (primary N) is 1. The molecule has 1 aromatic heterocycles. The van der Waals surface area contributed by atoms with Gasteiger partial charge in [0.2, 0.25) is 11.9 Å². The van der Waals surface area contributed by atoms with Crippen molar-refractivity contribution >= 4 is 23.7 Å². The number of hydrogen-bond donors (Lipinski definition) is 1. The number of aromatic nitrogens is 3. The molecule has 1 aliphatic heterocycles. The van der Waals surface area contributed by atoms with E-state index >= 15 is 0 Å². The molecule has 7 heteroatoms. The van der Waals surface area contributed by atoms with E-state index in [0.717, 1.165) is 49.6 Å². The van der Waals surface area contributed by atoms with Crippen molar-refractivity contribution in [2.24, 2.45) is 0 Å². The van der Waals surface area contributed by atoms with Crippen LogP contribution in [0.1, 0.15) is 26.7 Å². The van der Waals surface area contributed by atoms with E-state index in [1.807, 2.05) is 0 Å². The van der Waals surface area contributed by atoms with Gasteiger partial charge in [-0.2, -0.15) is 15.0 Å². The smallest absolute Gasteiger partial charge is 0.231 e. The minimum absolute atomic E-state index is 0.326. The van der Waals surface area contributed by atoms with Gasteiger partial charge in [0, 0.05) is 25.4 Å².